The Bertz CT molecular complexity index is 669. The smallest absolute Gasteiger partial charge is 0.310 e. The van der Waals surface area contributed by atoms with E-state index in [1.165, 1.54) is 17.4 Å². The number of hydrogen-bond acceptors (Lipinski definition) is 5. The van der Waals surface area contributed by atoms with Crippen molar-refractivity contribution < 1.29 is 14.8 Å². The zero-order valence-electron chi connectivity index (χ0n) is 10.4. The summed E-state index contributed by atoms with van der Waals surface area (Å²) in [6.45, 7) is -0.00172. The molecular weight excluding hydrogens is 278 g/mol. The fraction of sp³-hybridized carbons (Fsp3) is 0.143. The number of aliphatic hydroxyl groups is 1. The zero-order chi connectivity index (χ0) is 14.4. The molecule has 0 fully saturated rings. The maximum atomic E-state index is 10.9. The molecule has 0 saturated heterocycles. The maximum Gasteiger partial charge on any atom is 0.310 e. The molecule has 1 aromatic heterocycles. The highest BCUT2D eigenvalue weighted by Gasteiger charge is 2.14. The summed E-state index contributed by atoms with van der Waals surface area (Å²) in [7, 11) is 0. The van der Waals surface area contributed by atoms with Crippen LogP contribution in [0.4, 0.5) is 5.69 Å². The van der Waals surface area contributed by atoms with Gasteiger partial charge in [-0.25, -0.2) is 0 Å². The van der Waals surface area contributed by atoms with Crippen molar-refractivity contribution >= 4 is 17.0 Å². The van der Waals surface area contributed by atoms with E-state index < -0.39 is 4.92 Å². The highest BCUT2D eigenvalue weighted by Crippen LogP contribution is 2.27. The number of nitro groups is 1. The van der Waals surface area contributed by atoms with Crippen LogP contribution in [0.2, 0.25) is 0 Å². The van der Waals surface area contributed by atoms with Crippen LogP contribution < -0.4 is 4.74 Å². The summed E-state index contributed by atoms with van der Waals surface area (Å²) in [6, 6.07) is 8.06. The Morgan fingerprint density at radius 3 is 2.90 bits per heavy atom. The first-order valence-electron chi connectivity index (χ1n) is 5.74. The van der Waals surface area contributed by atoms with Gasteiger partial charge in [0.05, 0.1) is 9.80 Å². The van der Waals surface area contributed by atoms with Crippen LogP contribution in [0.3, 0.4) is 0 Å². The third-order valence-corrected chi connectivity index (χ3v) is 3.36. The van der Waals surface area contributed by atoms with Gasteiger partial charge in [0.15, 0.2) is 5.75 Å². The molecule has 102 valence electrons. The number of nitro benzene ring substituents is 1. The minimum Gasteiger partial charge on any atom is -0.481 e. The van der Waals surface area contributed by atoms with E-state index in [4.69, 9.17) is 9.84 Å². The van der Waals surface area contributed by atoms with Gasteiger partial charge in [-0.1, -0.05) is 24.0 Å². The van der Waals surface area contributed by atoms with Gasteiger partial charge in [0.2, 0.25) is 0 Å². The Hall–Kier alpha value is -2.36. The normalized spacial score (nSPS) is 9.65. The first-order chi connectivity index (χ1) is 9.72. The van der Waals surface area contributed by atoms with Crippen LogP contribution in [0, 0.1) is 22.0 Å². The van der Waals surface area contributed by atoms with E-state index in [0.29, 0.717) is 0 Å². The van der Waals surface area contributed by atoms with Gasteiger partial charge in [0.1, 0.15) is 13.2 Å². The minimum atomic E-state index is -0.476. The van der Waals surface area contributed by atoms with E-state index in [1.807, 2.05) is 11.4 Å². The summed E-state index contributed by atoms with van der Waals surface area (Å²) < 4.78 is 5.50. The van der Waals surface area contributed by atoms with Gasteiger partial charge in [0, 0.05) is 11.6 Å². The molecule has 20 heavy (non-hydrogen) atoms. The van der Waals surface area contributed by atoms with Crippen LogP contribution in [-0.4, -0.2) is 16.6 Å². The molecule has 5 nitrogen and oxygen atoms in total. The van der Waals surface area contributed by atoms with Crippen LogP contribution in [0.15, 0.2) is 35.7 Å². The van der Waals surface area contributed by atoms with E-state index in [-0.39, 0.29) is 24.7 Å². The van der Waals surface area contributed by atoms with Gasteiger partial charge in [0.25, 0.3) is 0 Å². The molecule has 2 aromatic rings. The summed E-state index contributed by atoms with van der Waals surface area (Å²) in [5, 5.41) is 21.4. The van der Waals surface area contributed by atoms with Crippen molar-refractivity contribution in [2.75, 3.05) is 6.61 Å². The lowest BCUT2D eigenvalue weighted by molar-refractivity contribution is -0.385. The quantitative estimate of drug-likeness (QED) is 0.533. The fourth-order valence-corrected chi connectivity index (χ4v) is 2.31. The lowest BCUT2D eigenvalue weighted by Crippen LogP contribution is -1.98. The molecule has 0 aliphatic carbocycles. The number of benzene rings is 1. The molecule has 2 rings (SSSR count). The highest BCUT2D eigenvalue weighted by atomic mass is 32.1. The number of aliphatic hydroxyl groups excluding tert-OH is 1. The highest BCUT2D eigenvalue weighted by molar-refractivity contribution is 7.10. The lowest BCUT2D eigenvalue weighted by atomic mass is 10.2. The van der Waals surface area contributed by atoms with E-state index in [1.54, 1.807) is 18.2 Å². The van der Waals surface area contributed by atoms with Crippen molar-refractivity contribution in [3.63, 3.8) is 0 Å². The third kappa shape index (κ3) is 3.35. The Kier molecular flexibility index (Phi) is 4.71. The molecule has 1 aromatic carbocycles. The fourth-order valence-electron chi connectivity index (χ4n) is 1.57. The largest absolute Gasteiger partial charge is 0.481 e. The molecule has 6 heteroatoms. The Morgan fingerprint density at radius 2 is 2.15 bits per heavy atom. The van der Waals surface area contributed by atoms with Crippen LogP contribution in [0.1, 0.15) is 10.4 Å². The number of hydrogen-bond donors (Lipinski definition) is 1. The number of nitrogens with zero attached hydrogens (tertiary/aromatic N) is 1. The second-order valence-electron chi connectivity index (χ2n) is 3.73. The lowest BCUT2D eigenvalue weighted by Gasteiger charge is -2.05. The standard InChI is InChI=1S/C14H11NO4S/c16-8-3-4-11-7-9-20-14(11)10-19-13-6-2-1-5-12(13)15(17)18/h1-2,5-7,9,16H,8,10H2. The zero-order valence-corrected chi connectivity index (χ0v) is 11.2. The van der Waals surface area contributed by atoms with Gasteiger partial charge in [-0.15, -0.1) is 11.3 Å². The molecule has 0 aliphatic heterocycles. The Morgan fingerprint density at radius 1 is 1.35 bits per heavy atom. The molecule has 0 saturated carbocycles. The Labute approximate surface area is 119 Å². The predicted molar refractivity (Wildman–Crippen MR) is 75.7 cm³/mol. The first kappa shape index (κ1) is 14.1. The van der Waals surface area contributed by atoms with E-state index in [0.717, 1.165) is 10.4 Å². The Balaban J connectivity index is 2.14. The summed E-state index contributed by atoms with van der Waals surface area (Å²) >= 11 is 1.45. The van der Waals surface area contributed by atoms with E-state index >= 15 is 0 Å². The number of para-hydroxylation sites is 2. The van der Waals surface area contributed by atoms with Gasteiger partial charge in [-0.2, -0.15) is 0 Å². The average molecular weight is 289 g/mol. The summed E-state index contributed by atoms with van der Waals surface area (Å²) in [6.07, 6.45) is 0. The monoisotopic (exact) mass is 289 g/mol. The minimum absolute atomic E-state index is 0.0629. The van der Waals surface area contributed by atoms with Gasteiger partial charge < -0.3 is 9.84 Å². The van der Waals surface area contributed by atoms with Gasteiger partial charge in [-0.05, 0) is 17.5 Å². The predicted octanol–water partition coefficient (Wildman–Crippen LogP) is 2.58. The van der Waals surface area contributed by atoms with Gasteiger partial charge in [-0.3, -0.25) is 10.1 Å². The molecule has 0 bridgehead atoms. The maximum absolute atomic E-state index is 10.9. The van der Waals surface area contributed by atoms with Crippen molar-refractivity contribution in [1.29, 1.82) is 0 Å². The van der Waals surface area contributed by atoms with Crippen LogP contribution in [0.25, 0.3) is 0 Å². The van der Waals surface area contributed by atoms with Crippen LogP contribution in [-0.2, 0) is 6.61 Å². The van der Waals surface area contributed by atoms with Crippen molar-refractivity contribution in [3.8, 4) is 17.6 Å². The molecule has 0 atom stereocenters. The molecule has 0 spiro atoms. The third-order valence-electron chi connectivity index (χ3n) is 2.47. The second kappa shape index (κ2) is 6.70. The van der Waals surface area contributed by atoms with Crippen molar-refractivity contribution in [3.05, 3.63) is 56.3 Å². The average Bonchev–Trinajstić information content (AvgIpc) is 2.90. The molecular formula is C14H11NO4S. The molecule has 0 amide bonds. The summed E-state index contributed by atoms with van der Waals surface area (Å²) in [5.74, 6) is 5.61. The van der Waals surface area contributed by atoms with Crippen LogP contribution in [0.5, 0.6) is 5.75 Å². The van der Waals surface area contributed by atoms with E-state index in [2.05, 4.69) is 11.8 Å². The van der Waals surface area contributed by atoms with E-state index in [9.17, 15) is 10.1 Å². The first-order valence-corrected chi connectivity index (χ1v) is 6.62. The second-order valence-corrected chi connectivity index (χ2v) is 4.73. The van der Waals surface area contributed by atoms with Crippen LogP contribution >= 0.6 is 11.3 Å². The molecule has 1 heterocycles. The number of rotatable bonds is 4. The van der Waals surface area contributed by atoms with Gasteiger partial charge >= 0.3 is 5.69 Å². The number of thiophene rings is 1. The molecule has 0 unspecified atom stereocenters. The van der Waals surface area contributed by atoms with Crippen molar-refractivity contribution in [2.24, 2.45) is 0 Å². The number of ether oxygens (including phenoxy) is 1. The SMILES string of the molecule is O=[N+]([O-])c1ccccc1OCc1sccc1C#CCO. The summed E-state index contributed by atoms with van der Waals surface area (Å²) in [5.41, 5.74) is 0.703. The topological polar surface area (TPSA) is 72.6 Å². The molecule has 0 radical (unpaired) electrons. The molecule has 0 aliphatic rings. The van der Waals surface area contributed by atoms with Crippen molar-refractivity contribution in [2.45, 2.75) is 6.61 Å². The molecule has 1 N–H and O–H groups in total. The summed E-state index contributed by atoms with van der Waals surface area (Å²) in [4.78, 5) is 11.3. The van der Waals surface area contributed by atoms with Crippen molar-refractivity contribution in [1.82, 2.24) is 0 Å².